The first kappa shape index (κ1) is 18.7. The number of halogens is 1. The summed E-state index contributed by atoms with van der Waals surface area (Å²) in [7, 11) is 0. The first-order valence-corrected chi connectivity index (χ1v) is 10.1. The van der Waals surface area contributed by atoms with E-state index in [0.717, 1.165) is 26.1 Å². The van der Waals surface area contributed by atoms with Crippen LogP contribution in [0.2, 0.25) is 0 Å². The smallest absolute Gasteiger partial charge is 0.340 e. The summed E-state index contributed by atoms with van der Waals surface area (Å²) in [5.41, 5.74) is 1.47. The van der Waals surface area contributed by atoms with Crippen molar-refractivity contribution in [2.24, 2.45) is 5.92 Å². The van der Waals surface area contributed by atoms with E-state index in [1.807, 2.05) is 0 Å². The van der Waals surface area contributed by atoms with Gasteiger partial charge in [-0.1, -0.05) is 0 Å². The van der Waals surface area contributed by atoms with Crippen LogP contribution in [0.25, 0.3) is 16.7 Å². The molecule has 2 aromatic heterocycles. The van der Waals surface area contributed by atoms with E-state index in [9.17, 15) is 14.4 Å². The van der Waals surface area contributed by atoms with Gasteiger partial charge in [0.05, 0.1) is 22.7 Å². The van der Waals surface area contributed by atoms with Crippen molar-refractivity contribution in [3.05, 3.63) is 53.6 Å². The second-order valence-electron chi connectivity index (χ2n) is 8.00. The van der Waals surface area contributed by atoms with Crippen LogP contribution in [0.1, 0.15) is 35.2 Å². The van der Waals surface area contributed by atoms with Gasteiger partial charge in [0.25, 0.3) is 0 Å². The van der Waals surface area contributed by atoms with Gasteiger partial charge in [-0.15, -0.1) is 10.2 Å². The number of nitriles is 1. The number of piperidine rings is 2. The van der Waals surface area contributed by atoms with Gasteiger partial charge >= 0.3 is 5.97 Å². The molecule has 2 fully saturated rings. The number of aromatic nitrogens is 3. The largest absolute Gasteiger partial charge is 0.457 e. The van der Waals surface area contributed by atoms with Crippen LogP contribution in [0.5, 0.6) is 0 Å². The Bertz CT molecular complexity index is 1140. The summed E-state index contributed by atoms with van der Waals surface area (Å²) in [5, 5.41) is 17.2. The molecule has 4 heterocycles. The molecule has 0 aliphatic carbocycles. The molecule has 2 aliphatic rings. The van der Waals surface area contributed by atoms with Crippen LogP contribution in [-0.4, -0.2) is 51.4 Å². The third-order valence-corrected chi connectivity index (χ3v) is 5.95. The van der Waals surface area contributed by atoms with Gasteiger partial charge in [0.15, 0.2) is 5.82 Å². The summed E-state index contributed by atoms with van der Waals surface area (Å²) in [6.45, 7) is 2.90. The van der Waals surface area contributed by atoms with E-state index in [4.69, 9.17) is 4.74 Å². The zero-order valence-electron chi connectivity index (χ0n) is 16.3. The van der Waals surface area contributed by atoms with Crippen molar-refractivity contribution in [3.8, 4) is 11.9 Å². The van der Waals surface area contributed by atoms with Crippen LogP contribution >= 0.6 is 0 Å². The number of hydrogen-bond acceptors (Lipinski definition) is 6. The van der Waals surface area contributed by atoms with E-state index in [1.54, 1.807) is 29.0 Å². The van der Waals surface area contributed by atoms with Crippen molar-refractivity contribution in [1.29, 1.82) is 5.26 Å². The first-order chi connectivity index (χ1) is 14.6. The molecule has 2 bridgehead atoms. The van der Waals surface area contributed by atoms with Crippen LogP contribution in [0, 0.1) is 23.2 Å². The highest BCUT2D eigenvalue weighted by Gasteiger charge is 2.33. The van der Waals surface area contributed by atoms with E-state index < -0.39 is 11.9 Å². The summed E-state index contributed by atoms with van der Waals surface area (Å²) in [4.78, 5) is 15.5. The zero-order valence-corrected chi connectivity index (χ0v) is 16.3. The molecule has 2 aliphatic heterocycles. The Hall–Kier alpha value is -3.31. The lowest BCUT2D eigenvalue weighted by molar-refractivity contribution is -0.0168. The molecule has 7 nitrogen and oxygen atoms in total. The fraction of sp³-hybridized carbons (Fsp3) is 0.364. The highest BCUT2D eigenvalue weighted by Crippen LogP contribution is 2.30. The van der Waals surface area contributed by atoms with Gasteiger partial charge in [-0.3, -0.25) is 9.47 Å². The molecule has 1 aromatic carbocycles. The minimum absolute atomic E-state index is 0.139. The highest BCUT2D eigenvalue weighted by molar-refractivity contribution is 6.05. The average Bonchev–Trinajstić information content (AvgIpc) is 3.13. The van der Waals surface area contributed by atoms with Gasteiger partial charge in [0.2, 0.25) is 5.95 Å². The fourth-order valence-corrected chi connectivity index (χ4v) is 4.63. The number of esters is 1. The van der Waals surface area contributed by atoms with Crippen LogP contribution < -0.4 is 0 Å². The maximum atomic E-state index is 13.2. The average molecular weight is 405 g/mol. The van der Waals surface area contributed by atoms with E-state index >= 15 is 0 Å². The Morgan fingerprint density at radius 3 is 2.90 bits per heavy atom. The van der Waals surface area contributed by atoms with Gasteiger partial charge in [-0.25, -0.2) is 4.79 Å². The monoisotopic (exact) mass is 405 g/mol. The van der Waals surface area contributed by atoms with E-state index in [1.165, 1.54) is 25.0 Å². The summed E-state index contributed by atoms with van der Waals surface area (Å²) >= 11 is 0. The third kappa shape index (κ3) is 3.42. The van der Waals surface area contributed by atoms with Crippen LogP contribution in [0.4, 0.5) is 4.39 Å². The lowest BCUT2D eigenvalue weighted by atomic mass is 9.88. The van der Waals surface area contributed by atoms with Gasteiger partial charge < -0.3 is 4.74 Å². The molecule has 8 heteroatoms. The zero-order chi connectivity index (χ0) is 20.7. The molecule has 3 atom stereocenters. The number of benzene rings is 1. The standard InChI is InChI=1S/C22H20FN5O2/c23-20-5-6-21(26-25-20)28-13-18(17-9-14(10-24)3-4-19(17)28)22(29)30-16-8-15-2-1-7-27(11-15)12-16/h3-6,9,13,15-16H,1-2,7-8,11-12H2. The number of nitrogens with zero attached hydrogens (tertiary/aromatic N) is 5. The summed E-state index contributed by atoms with van der Waals surface area (Å²) in [6.07, 6.45) is 4.75. The van der Waals surface area contributed by atoms with Crippen LogP contribution in [0.15, 0.2) is 36.5 Å². The molecule has 3 aromatic rings. The van der Waals surface area contributed by atoms with Crippen LogP contribution in [-0.2, 0) is 4.74 Å². The predicted octanol–water partition coefficient (Wildman–Crippen LogP) is 3.07. The molecule has 0 radical (unpaired) electrons. The Morgan fingerprint density at radius 1 is 1.23 bits per heavy atom. The van der Waals surface area contributed by atoms with Crippen molar-refractivity contribution >= 4 is 16.9 Å². The summed E-state index contributed by atoms with van der Waals surface area (Å²) < 4.78 is 20.8. The lowest BCUT2D eigenvalue weighted by Crippen LogP contribution is -2.48. The minimum atomic E-state index is -0.681. The molecule has 152 valence electrons. The SMILES string of the molecule is N#Cc1ccc2c(c1)c(C(=O)OC1CC3CCCN(C3)C1)cn2-c1ccc(F)nn1. The van der Waals surface area contributed by atoms with E-state index in [2.05, 4.69) is 21.2 Å². The highest BCUT2D eigenvalue weighted by atomic mass is 19.1. The Kier molecular flexibility index (Phi) is 4.68. The molecular formula is C22H20FN5O2. The fourth-order valence-electron chi connectivity index (χ4n) is 4.63. The third-order valence-electron chi connectivity index (χ3n) is 5.95. The second-order valence-corrected chi connectivity index (χ2v) is 8.00. The molecule has 0 amide bonds. The van der Waals surface area contributed by atoms with Crippen molar-refractivity contribution in [2.45, 2.75) is 25.4 Å². The Balaban J connectivity index is 1.50. The number of carbonyl (C=O) groups excluding carboxylic acids is 1. The molecule has 0 saturated carbocycles. The molecule has 30 heavy (non-hydrogen) atoms. The molecule has 0 spiro atoms. The molecular weight excluding hydrogens is 385 g/mol. The van der Waals surface area contributed by atoms with E-state index in [-0.39, 0.29) is 6.10 Å². The van der Waals surface area contributed by atoms with Crippen molar-refractivity contribution in [2.75, 3.05) is 19.6 Å². The number of fused-ring (bicyclic) bond motifs is 3. The Labute approximate surface area is 172 Å². The number of ether oxygens (including phenoxy) is 1. The molecule has 2 saturated heterocycles. The number of carbonyl (C=O) groups is 1. The van der Waals surface area contributed by atoms with Crippen LogP contribution in [0.3, 0.4) is 0 Å². The molecule has 0 N–H and O–H groups in total. The molecule has 5 rings (SSSR count). The number of hydrogen-bond donors (Lipinski definition) is 0. The summed E-state index contributed by atoms with van der Waals surface area (Å²) in [6, 6.07) is 9.88. The Morgan fingerprint density at radius 2 is 2.13 bits per heavy atom. The second kappa shape index (κ2) is 7.50. The lowest BCUT2D eigenvalue weighted by Gasteiger charge is -2.41. The molecule has 3 unspecified atom stereocenters. The van der Waals surface area contributed by atoms with Crippen molar-refractivity contribution in [3.63, 3.8) is 0 Å². The summed E-state index contributed by atoms with van der Waals surface area (Å²) in [5.74, 6) is -0.149. The van der Waals surface area contributed by atoms with Gasteiger partial charge in [-0.05, 0) is 62.1 Å². The maximum Gasteiger partial charge on any atom is 0.340 e. The minimum Gasteiger partial charge on any atom is -0.457 e. The van der Waals surface area contributed by atoms with Gasteiger partial charge in [-0.2, -0.15) is 9.65 Å². The van der Waals surface area contributed by atoms with Gasteiger partial charge in [0, 0.05) is 24.7 Å². The van der Waals surface area contributed by atoms with E-state index in [0.29, 0.717) is 33.8 Å². The quantitative estimate of drug-likeness (QED) is 0.623. The first-order valence-electron chi connectivity index (χ1n) is 10.1. The topological polar surface area (TPSA) is 84.0 Å². The van der Waals surface area contributed by atoms with Crippen molar-refractivity contribution in [1.82, 2.24) is 19.7 Å². The number of rotatable bonds is 3. The van der Waals surface area contributed by atoms with Gasteiger partial charge in [0.1, 0.15) is 6.10 Å². The maximum absolute atomic E-state index is 13.2. The normalized spacial score (nSPS) is 23.1. The predicted molar refractivity (Wildman–Crippen MR) is 107 cm³/mol. The van der Waals surface area contributed by atoms with Crippen molar-refractivity contribution < 1.29 is 13.9 Å².